The van der Waals surface area contributed by atoms with Crippen molar-refractivity contribution in [3.05, 3.63) is 48.7 Å². The van der Waals surface area contributed by atoms with Crippen LogP contribution in [-0.2, 0) is 4.79 Å². The number of nitrogens with one attached hydrogen (secondary N) is 2. The number of anilines is 1. The maximum absolute atomic E-state index is 13.7. The first-order valence-corrected chi connectivity index (χ1v) is 9.32. The Morgan fingerprint density at radius 3 is 2.96 bits per heavy atom. The van der Waals surface area contributed by atoms with Crippen LogP contribution in [0.2, 0.25) is 0 Å². The van der Waals surface area contributed by atoms with Gasteiger partial charge in [0.15, 0.2) is 5.65 Å². The molecule has 0 unspecified atom stereocenters. The number of carbonyl (C=O) groups is 1. The predicted molar refractivity (Wildman–Crippen MR) is 102 cm³/mol. The van der Waals surface area contributed by atoms with Gasteiger partial charge < -0.3 is 10.6 Å². The molecule has 2 N–H and O–H groups in total. The molecular formula is C20H22FN5O. The fraction of sp³-hybridized carbons (Fsp3) is 0.350. The first-order chi connectivity index (χ1) is 13.2. The van der Waals surface area contributed by atoms with E-state index in [1.54, 1.807) is 24.7 Å². The summed E-state index contributed by atoms with van der Waals surface area (Å²) in [6.45, 7) is 0.469. The number of amides is 1. The third-order valence-electron chi connectivity index (χ3n) is 4.89. The molecule has 140 valence electrons. The van der Waals surface area contributed by atoms with Gasteiger partial charge >= 0.3 is 0 Å². The molecule has 0 bridgehead atoms. The number of carbonyl (C=O) groups excluding carboxylic acids is 1. The molecule has 0 aliphatic heterocycles. The van der Waals surface area contributed by atoms with Crippen molar-refractivity contribution in [2.24, 2.45) is 0 Å². The molecule has 4 rings (SSSR count). The molecule has 0 atom stereocenters. The summed E-state index contributed by atoms with van der Waals surface area (Å²) in [5.41, 5.74) is 1.98. The average Bonchev–Trinajstić information content (AvgIpc) is 3.30. The summed E-state index contributed by atoms with van der Waals surface area (Å²) in [6, 6.07) is 6.65. The standard InChI is InChI=1S/C20H22FN5O/c21-15-5-3-4-14(12-15)19-20(26-11-10-22-13-17(26)25-19)23-9-8-18(27)24-16-6-1-2-7-16/h3-5,10-13,16,23H,1-2,6-9H2,(H,24,27). The van der Waals surface area contributed by atoms with E-state index in [-0.39, 0.29) is 11.7 Å². The Morgan fingerprint density at radius 2 is 2.15 bits per heavy atom. The van der Waals surface area contributed by atoms with Crippen LogP contribution in [0.4, 0.5) is 10.2 Å². The monoisotopic (exact) mass is 367 g/mol. The van der Waals surface area contributed by atoms with Gasteiger partial charge in [-0.2, -0.15) is 0 Å². The molecule has 2 aromatic heterocycles. The number of benzene rings is 1. The van der Waals surface area contributed by atoms with Crippen molar-refractivity contribution in [1.82, 2.24) is 19.7 Å². The van der Waals surface area contributed by atoms with E-state index in [1.807, 2.05) is 10.5 Å². The van der Waals surface area contributed by atoms with Crippen LogP contribution in [0.15, 0.2) is 42.9 Å². The van der Waals surface area contributed by atoms with E-state index >= 15 is 0 Å². The van der Waals surface area contributed by atoms with Crippen molar-refractivity contribution < 1.29 is 9.18 Å². The summed E-state index contributed by atoms with van der Waals surface area (Å²) in [4.78, 5) is 20.8. The van der Waals surface area contributed by atoms with E-state index in [0.29, 0.717) is 35.9 Å². The number of nitrogens with zero attached hydrogens (tertiary/aromatic N) is 3. The lowest BCUT2D eigenvalue weighted by Crippen LogP contribution is -2.33. The highest BCUT2D eigenvalue weighted by atomic mass is 19.1. The Hall–Kier alpha value is -2.96. The molecule has 0 radical (unpaired) electrons. The second-order valence-electron chi connectivity index (χ2n) is 6.85. The SMILES string of the molecule is O=C(CCNc1c(-c2cccc(F)c2)nc2cnccn12)NC1CCCC1. The molecule has 1 fully saturated rings. The van der Waals surface area contributed by atoms with Gasteiger partial charge in [0.25, 0.3) is 0 Å². The summed E-state index contributed by atoms with van der Waals surface area (Å²) in [6.07, 6.45) is 10.0. The Balaban J connectivity index is 1.51. The third-order valence-corrected chi connectivity index (χ3v) is 4.89. The molecule has 2 heterocycles. The van der Waals surface area contributed by atoms with Crippen LogP contribution in [-0.4, -0.2) is 32.9 Å². The highest BCUT2D eigenvalue weighted by molar-refractivity contribution is 5.78. The zero-order valence-electron chi connectivity index (χ0n) is 15.0. The lowest BCUT2D eigenvalue weighted by atomic mass is 10.1. The molecule has 1 aromatic carbocycles. The Bertz CT molecular complexity index is 948. The number of aromatic nitrogens is 3. The largest absolute Gasteiger partial charge is 0.369 e. The van der Waals surface area contributed by atoms with Gasteiger partial charge in [-0.25, -0.2) is 9.37 Å². The number of imidazole rings is 1. The number of rotatable bonds is 6. The zero-order chi connectivity index (χ0) is 18.6. The van der Waals surface area contributed by atoms with E-state index in [4.69, 9.17) is 0 Å². The Labute approximate surface area is 156 Å². The second-order valence-corrected chi connectivity index (χ2v) is 6.85. The fourth-order valence-electron chi connectivity index (χ4n) is 3.58. The summed E-state index contributed by atoms with van der Waals surface area (Å²) in [5.74, 6) is 0.466. The van der Waals surface area contributed by atoms with Gasteiger partial charge in [0.2, 0.25) is 5.91 Å². The minimum Gasteiger partial charge on any atom is -0.369 e. The van der Waals surface area contributed by atoms with Gasteiger partial charge in [-0.3, -0.25) is 14.2 Å². The number of hydrogen-bond acceptors (Lipinski definition) is 4. The second kappa shape index (κ2) is 7.73. The zero-order valence-corrected chi connectivity index (χ0v) is 15.0. The van der Waals surface area contributed by atoms with Crippen molar-refractivity contribution in [3.8, 4) is 11.3 Å². The summed E-state index contributed by atoms with van der Waals surface area (Å²) >= 11 is 0. The first kappa shape index (κ1) is 17.5. The number of hydrogen-bond donors (Lipinski definition) is 2. The van der Waals surface area contributed by atoms with E-state index in [1.165, 1.54) is 25.0 Å². The molecule has 0 spiro atoms. The van der Waals surface area contributed by atoms with E-state index in [0.717, 1.165) is 18.7 Å². The van der Waals surface area contributed by atoms with Gasteiger partial charge in [-0.05, 0) is 25.0 Å². The molecule has 0 saturated heterocycles. The van der Waals surface area contributed by atoms with E-state index in [9.17, 15) is 9.18 Å². The fourth-order valence-corrected chi connectivity index (χ4v) is 3.58. The molecule has 6 nitrogen and oxygen atoms in total. The maximum atomic E-state index is 13.7. The smallest absolute Gasteiger partial charge is 0.221 e. The predicted octanol–water partition coefficient (Wildman–Crippen LogP) is 3.40. The molecule has 3 aromatic rings. The molecule has 1 aliphatic rings. The van der Waals surface area contributed by atoms with E-state index in [2.05, 4.69) is 20.6 Å². The highest BCUT2D eigenvalue weighted by Gasteiger charge is 2.18. The van der Waals surface area contributed by atoms with Crippen molar-refractivity contribution in [2.75, 3.05) is 11.9 Å². The number of halogens is 1. The van der Waals surface area contributed by atoms with E-state index < -0.39 is 0 Å². The van der Waals surface area contributed by atoms with Gasteiger partial charge in [0, 0.05) is 37.0 Å². The van der Waals surface area contributed by atoms with Crippen LogP contribution >= 0.6 is 0 Å². The first-order valence-electron chi connectivity index (χ1n) is 9.32. The lowest BCUT2D eigenvalue weighted by molar-refractivity contribution is -0.121. The van der Waals surface area contributed by atoms with Crippen LogP contribution in [0.3, 0.4) is 0 Å². The molecule has 27 heavy (non-hydrogen) atoms. The number of fused-ring (bicyclic) bond motifs is 1. The highest BCUT2D eigenvalue weighted by Crippen LogP contribution is 2.28. The van der Waals surface area contributed by atoms with Crippen molar-refractivity contribution in [1.29, 1.82) is 0 Å². The van der Waals surface area contributed by atoms with Crippen LogP contribution in [0.25, 0.3) is 16.9 Å². The van der Waals surface area contributed by atoms with Crippen molar-refractivity contribution in [2.45, 2.75) is 38.1 Å². The normalized spacial score (nSPS) is 14.6. The van der Waals surface area contributed by atoms with Crippen molar-refractivity contribution in [3.63, 3.8) is 0 Å². The van der Waals surface area contributed by atoms with Gasteiger partial charge in [-0.15, -0.1) is 0 Å². The Kier molecular flexibility index (Phi) is 5.00. The Morgan fingerprint density at radius 1 is 1.30 bits per heavy atom. The van der Waals surface area contributed by atoms with Crippen LogP contribution in [0.5, 0.6) is 0 Å². The van der Waals surface area contributed by atoms with Gasteiger partial charge in [0.1, 0.15) is 17.3 Å². The average molecular weight is 367 g/mol. The summed E-state index contributed by atoms with van der Waals surface area (Å²) in [5, 5.41) is 6.39. The molecule has 1 saturated carbocycles. The molecule has 7 heteroatoms. The van der Waals surface area contributed by atoms with Gasteiger partial charge in [0.05, 0.1) is 6.20 Å². The van der Waals surface area contributed by atoms with Crippen LogP contribution < -0.4 is 10.6 Å². The molecule has 1 amide bonds. The molecular weight excluding hydrogens is 345 g/mol. The maximum Gasteiger partial charge on any atom is 0.221 e. The van der Waals surface area contributed by atoms with Gasteiger partial charge in [-0.1, -0.05) is 25.0 Å². The topological polar surface area (TPSA) is 71.3 Å². The van der Waals surface area contributed by atoms with Crippen molar-refractivity contribution >= 4 is 17.4 Å². The third kappa shape index (κ3) is 3.92. The summed E-state index contributed by atoms with van der Waals surface area (Å²) < 4.78 is 15.5. The quantitative estimate of drug-likeness (QED) is 0.701. The minimum absolute atomic E-state index is 0.0530. The lowest BCUT2D eigenvalue weighted by Gasteiger charge is -2.13. The minimum atomic E-state index is -0.315. The summed E-state index contributed by atoms with van der Waals surface area (Å²) in [7, 11) is 0. The van der Waals surface area contributed by atoms with Crippen LogP contribution in [0, 0.1) is 5.82 Å². The van der Waals surface area contributed by atoms with Crippen LogP contribution in [0.1, 0.15) is 32.1 Å². The molecule has 1 aliphatic carbocycles.